The second-order valence-electron chi connectivity index (χ2n) is 3.44. The molecule has 0 amide bonds. The highest BCUT2D eigenvalue weighted by atomic mass is 35.5. The fraction of sp³-hybridized carbons (Fsp3) is 1.00. The summed E-state index contributed by atoms with van der Waals surface area (Å²) in [7, 11) is 0. The van der Waals surface area contributed by atoms with Gasteiger partial charge in [-0.05, 0) is 19.8 Å². The van der Waals surface area contributed by atoms with Crippen molar-refractivity contribution in [1.29, 1.82) is 0 Å². The lowest BCUT2D eigenvalue weighted by molar-refractivity contribution is 0.346. The average Bonchev–Trinajstić information content (AvgIpc) is 2.60. The second kappa shape index (κ2) is 3.94. The lowest BCUT2D eigenvalue weighted by atomic mass is 10.1. The fourth-order valence-corrected chi connectivity index (χ4v) is 1.38. The summed E-state index contributed by atoms with van der Waals surface area (Å²) >= 11 is 0. The van der Waals surface area contributed by atoms with Crippen LogP contribution in [-0.2, 0) is 0 Å². The Bertz CT molecular complexity index is 116. The zero-order valence-electron chi connectivity index (χ0n) is 6.72. The molecule has 1 spiro atoms. The van der Waals surface area contributed by atoms with Gasteiger partial charge in [-0.25, -0.2) is 0 Å². The van der Waals surface area contributed by atoms with Gasteiger partial charge < -0.3 is 10.6 Å². The lowest BCUT2D eigenvalue weighted by Gasteiger charge is -2.28. The van der Waals surface area contributed by atoms with Crippen molar-refractivity contribution >= 4 is 24.8 Å². The number of piperazine rings is 1. The van der Waals surface area contributed by atoms with E-state index < -0.39 is 0 Å². The monoisotopic (exact) mass is 198 g/mol. The van der Waals surface area contributed by atoms with Crippen molar-refractivity contribution in [3.05, 3.63) is 0 Å². The predicted molar refractivity (Wildman–Crippen MR) is 51.9 cm³/mol. The van der Waals surface area contributed by atoms with Crippen LogP contribution in [0.5, 0.6) is 0 Å². The molecule has 11 heavy (non-hydrogen) atoms. The molecule has 0 radical (unpaired) electrons. The van der Waals surface area contributed by atoms with Crippen LogP contribution in [0.25, 0.3) is 0 Å². The highest BCUT2D eigenvalue weighted by Gasteiger charge is 2.43. The van der Waals surface area contributed by atoms with Gasteiger partial charge in [-0.15, -0.1) is 24.8 Å². The predicted octanol–water partition coefficient (Wildman–Crippen LogP) is 0.944. The molecule has 68 valence electrons. The molecule has 0 aromatic rings. The zero-order chi connectivity index (χ0) is 6.32. The normalized spacial score (nSPS) is 31.9. The molecule has 2 rings (SSSR count). The number of nitrogens with one attached hydrogen (secondary N) is 2. The molecule has 0 aromatic carbocycles. The van der Waals surface area contributed by atoms with Gasteiger partial charge in [-0.3, -0.25) is 0 Å². The maximum Gasteiger partial charge on any atom is 0.0308 e. The SMILES string of the molecule is CC1CNC2(CC2)CN1.Cl.Cl. The second-order valence-corrected chi connectivity index (χ2v) is 3.44. The highest BCUT2D eigenvalue weighted by molar-refractivity contribution is 5.85. The maximum atomic E-state index is 3.56. The number of rotatable bonds is 0. The lowest BCUT2D eigenvalue weighted by Crippen LogP contribution is -2.54. The minimum Gasteiger partial charge on any atom is -0.311 e. The number of hydrogen-bond donors (Lipinski definition) is 2. The van der Waals surface area contributed by atoms with Crippen molar-refractivity contribution in [3.8, 4) is 0 Å². The maximum absolute atomic E-state index is 3.56. The summed E-state index contributed by atoms with van der Waals surface area (Å²) in [6.45, 7) is 4.57. The van der Waals surface area contributed by atoms with Crippen LogP contribution in [-0.4, -0.2) is 24.7 Å². The molecule has 2 N–H and O–H groups in total. The number of hydrogen-bond acceptors (Lipinski definition) is 2. The quantitative estimate of drug-likeness (QED) is 0.606. The molecule has 0 bridgehead atoms. The van der Waals surface area contributed by atoms with Gasteiger partial charge in [-0.2, -0.15) is 0 Å². The van der Waals surface area contributed by atoms with E-state index in [0.29, 0.717) is 11.6 Å². The Balaban J connectivity index is 0.000000500. The Morgan fingerprint density at radius 3 is 2.27 bits per heavy atom. The van der Waals surface area contributed by atoms with Crippen LogP contribution in [0, 0.1) is 0 Å². The molecule has 2 nitrogen and oxygen atoms in total. The van der Waals surface area contributed by atoms with E-state index in [4.69, 9.17) is 0 Å². The van der Waals surface area contributed by atoms with Crippen LogP contribution in [0.4, 0.5) is 0 Å². The molecule has 1 saturated carbocycles. The molecule has 2 aliphatic rings. The molecule has 1 atom stereocenters. The van der Waals surface area contributed by atoms with Gasteiger partial charge in [0.25, 0.3) is 0 Å². The third-order valence-electron chi connectivity index (χ3n) is 2.43. The number of halogens is 2. The Labute approximate surface area is 80.3 Å². The average molecular weight is 199 g/mol. The molecule has 1 aliphatic carbocycles. The third-order valence-corrected chi connectivity index (χ3v) is 2.43. The van der Waals surface area contributed by atoms with Crippen LogP contribution in [0.15, 0.2) is 0 Å². The van der Waals surface area contributed by atoms with E-state index in [1.165, 1.54) is 19.4 Å². The van der Waals surface area contributed by atoms with Gasteiger partial charge in [0.05, 0.1) is 0 Å². The summed E-state index contributed by atoms with van der Waals surface area (Å²) in [6, 6.07) is 0.677. The Morgan fingerprint density at radius 2 is 1.91 bits per heavy atom. The molecule has 2 fully saturated rings. The van der Waals surface area contributed by atoms with E-state index in [1.807, 2.05) is 0 Å². The summed E-state index contributed by atoms with van der Waals surface area (Å²) in [5.74, 6) is 0. The summed E-state index contributed by atoms with van der Waals surface area (Å²) in [4.78, 5) is 0. The van der Waals surface area contributed by atoms with Gasteiger partial charge >= 0.3 is 0 Å². The molecule has 4 heteroatoms. The van der Waals surface area contributed by atoms with Gasteiger partial charge in [-0.1, -0.05) is 0 Å². The van der Waals surface area contributed by atoms with Gasteiger partial charge in [0.2, 0.25) is 0 Å². The first-order valence-corrected chi connectivity index (χ1v) is 3.79. The highest BCUT2D eigenvalue weighted by Crippen LogP contribution is 2.35. The van der Waals surface area contributed by atoms with Gasteiger partial charge in [0.1, 0.15) is 0 Å². The van der Waals surface area contributed by atoms with Crippen LogP contribution < -0.4 is 10.6 Å². The zero-order valence-corrected chi connectivity index (χ0v) is 8.36. The fourth-order valence-electron chi connectivity index (χ4n) is 1.38. The van der Waals surface area contributed by atoms with Crippen LogP contribution in [0.2, 0.25) is 0 Å². The molecular formula is C7H16Cl2N2. The topological polar surface area (TPSA) is 24.1 Å². The molecular weight excluding hydrogens is 183 g/mol. The minimum atomic E-state index is 0. The summed E-state index contributed by atoms with van der Waals surface area (Å²) < 4.78 is 0. The van der Waals surface area contributed by atoms with E-state index in [-0.39, 0.29) is 24.8 Å². The molecule has 0 aromatic heterocycles. The van der Waals surface area contributed by atoms with Crippen LogP contribution >= 0.6 is 24.8 Å². The first-order chi connectivity index (χ1) is 4.31. The molecule has 1 unspecified atom stereocenters. The summed E-state index contributed by atoms with van der Waals surface area (Å²) in [5.41, 5.74) is 0.548. The first-order valence-electron chi connectivity index (χ1n) is 3.79. The van der Waals surface area contributed by atoms with E-state index >= 15 is 0 Å². The standard InChI is InChI=1S/C7H14N2.2ClH/c1-6-4-9-7(2-3-7)5-8-6;;/h6,8-9H,2-5H2,1H3;2*1H. The first kappa shape index (κ1) is 11.5. The third kappa shape index (κ3) is 2.48. The minimum absolute atomic E-state index is 0. The van der Waals surface area contributed by atoms with E-state index in [1.54, 1.807) is 0 Å². The molecule has 1 heterocycles. The van der Waals surface area contributed by atoms with Crippen molar-refractivity contribution in [2.75, 3.05) is 13.1 Å². The van der Waals surface area contributed by atoms with E-state index in [0.717, 1.165) is 6.54 Å². The smallest absolute Gasteiger partial charge is 0.0308 e. The van der Waals surface area contributed by atoms with E-state index in [9.17, 15) is 0 Å². The van der Waals surface area contributed by atoms with Crippen molar-refractivity contribution in [2.45, 2.75) is 31.3 Å². The Hall–Kier alpha value is 0.500. The van der Waals surface area contributed by atoms with Crippen LogP contribution in [0.3, 0.4) is 0 Å². The summed E-state index contributed by atoms with van der Waals surface area (Å²) in [6.07, 6.45) is 2.76. The van der Waals surface area contributed by atoms with Crippen molar-refractivity contribution in [2.24, 2.45) is 0 Å². The molecule has 1 aliphatic heterocycles. The largest absolute Gasteiger partial charge is 0.311 e. The molecule has 1 saturated heterocycles. The van der Waals surface area contributed by atoms with Crippen molar-refractivity contribution in [1.82, 2.24) is 10.6 Å². The van der Waals surface area contributed by atoms with Crippen molar-refractivity contribution in [3.63, 3.8) is 0 Å². The van der Waals surface area contributed by atoms with Gasteiger partial charge in [0, 0.05) is 24.7 Å². The van der Waals surface area contributed by atoms with Gasteiger partial charge in [0.15, 0.2) is 0 Å². The Kier molecular flexibility index (Phi) is 4.12. The summed E-state index contributed by atoms with van der Waals surface area (Å²) in [5, 5.41) is 7.03. The van der Waals surface area contributed by atoms with E-state index in [2.05, 4.69) is 17.6 Å². The Morgan fingerprint density at radius 1 is 1.27 bits per heavy atom. The van der Waals surface area contributed by atoms with Crippen molar-refractivity contribution < 1.29 is 0 Å². The van der Waals surface area contributed by atoms with Crippen LogP contribution in [0.1, 0.15) is 19.8 Å².